The molecule has 0 fully saturated rings. The van der Waals surface area contributed by atoms with Crippen LogP contribution < -0.4 is 20.3 Å². The molecule has 10 nitrogen and oxygen atoms in total. The number of benzene rings is 2. The number of hydrogen-bond donors (Lipinski definition) is 2. The quantitative estimate of drug-likeness (QED) is 0.500. The van der Waals surface area contributed by atoms with E-state index < -0.39 is 11.0 Å². The molecule has 2 aromatic carbocycles. The standard InChI is InChI=1S/C19H17N5O5/c1-23-17-16(22-29-18(17)20-12-6-8-14(28-2)9-7-12)15(21-19(23)25)11-4-3-5-13(10-11)24(26)27/h3-10,15,20H,1-2H3,(H,21,25). The van der Waals surface area contributed by atoms with E-state index in [0.717, 1.165) is 5.69 Å². The van der Waals surface area contributed by atoms with Crippen LogP contribution >= 0.6 is 0 Å². The number of carbonyl (C=O) groups is 1. The molecule has 29 heavy (non-hydrogen) atoms. The largest absolute Gasteiger partial charge is 0.497 e. The number of hydrogen-bond acceptors (Lipinski definition) is 7. The maximum atomic E-state index is 12.5. The minimum atomic E-state index is -0.677. The van der Waals surface area contributed by atoms with Crippen LogP contribution in [0.15, 0.2) is 53.1 Å². The number of carbonyl (C=O) groups excluding carboxylic acids is 1. The Morgan fingerprint density at radius 1 is 1.28 bits per heavy atom. The molecule has 0 aliphatic carbocycles. The van der Waals surface area contributed by atoms with E-state index >= 15 is 0 Å². The summed E-state index contributed by atoms with van der Waals surface area (Å²) < 4.78 is 10.6. The van der Waals surface area contributed by atoms with Crippen molar-refractivity contribution in [2.75, 3.05) is 24.4 Å². The number of non-ortho nitro benzene ring substituents is 1. The van der Waals surface area contributed by atoms with Crippen LogP contribution in [0, 0.1) is 10.1 Å². The zero-order valence-corrected chi connectivity index (χ0v) is 15.6. The number of nitro groups is 1. The molecular formula is C19H17N5O5. The maximum absolute atomic E-state index is 12.5. The Labute approximate surface area is 165 Å². The summed E-state index contributed by atoms with van der Waals surface area (Å²) in [5.74, 6) is 0.996. The number of fused-ring (bicyclic) bond motifs is 1. The molecule has 4 rings (SSSR count). The molecule has 10 heteroatoms. The number of nitro benzene ring substituents is 1. The summed E-state index contributed by atoms with van der Waals surface area (Å²) in [6.07, 6.45) is 0. The second-order valence-corrected chi connectivity index (χ2v) is 6.39. The van der Waals surface area contributed by atoms with E-state index in [-0.39, 0.29) is 17.6 Å². The lowest BCUT2D eigenvalue weighted by Gasteiger charge is -2.29. The fourth-order valence-corrected chi connectivity index (χ4v) is 3.15. The van der Waals surface area contributed by atoms with Gasteiger partial charge in [0.2, 0.25) is 0 Å². The zero-order chi connectivity index (χ0) is 20.5. The lowest BCUT2D eigenvalue weighted by molar-refractivity contribution is -0.384. The van der Waals surface area contributed by atoms with Crippen molar-refractivity contribution in [3.63, 3.8) is 0 Å². The van der Waals surface area contributed by atoms with Crippen LogP contribution in [0.25, 0.3) is 0 Å². The number of amides is 2. The number of methoxy groups -OCH3 is 1. The third kappa shape index (κ3) is 3.31. The van der Waals surface area contributed by atoms with Crippen LogP contribution in [0.4, 0.5) is 27.7 Å². The molecule has 0 radical (unpaired) electrons. The van der Waals surface area contributed by atoms with E-state index in [0.29, 0.717) is 22.7 Å². The Morgan fingerprint density at radius 3 is 2.72 bits per heavy atom. The van der Waals surface area contributed by atoms with E-state index in [1.54, 1.807) is 50.6 Å². The molecule has 0 saturated carbocycles. The van der Waals surface area contributed by atoms with E-state index in [1.807, 2.05) is 0 Å². The molecule has 1 aliphatic heterocycles. The van der Waals surface area contributed by atoms with Gasteiger partial charge in [-0.2, -0.15) is 0 Å². The molecular weight excluding hydrogens is 378 g/mol. The maximum Gasteiger partial charge on any atom is 0.322 e. The molecule has 2 N–H and O–H groups in total. The molecule has 0 saturated heterocycles. The smallest absolute Gasteiger partial charge is 0.322 e. The van der Waals surface area contributed by atoms with E-state index in [9.17, 15) is 14.9 Å². The summed E-state index contributed by atoms with van der Waals surface area (Å²) in [4.78, 5) is 24.5. The molecule has 148 valence electrons. The van der Waals surface area contributed by atoms with Gasteiger partial charge in [-0.1, -0.05) is 17.3 Å². The fourth-order valence-electron chi connectivity index (χ4n) is 3.15. The summed E-state index contributed by atoms with van der Waals surface area (Å²) in [6.45, 7) is 0. The first-order chi connectivity index (χ1) is 14.0. The normalized spacial score (nSPS) is 15.4. The summed E-state index contributed by atoms with van der Waals surface area (Å²) in [7, 11) is 3.17. The number of ether oxygens (including phenoxy) is 1. The lowest BCUT2D eigenvalue weighted by atomic mass is 10.00. The first-order valence-corrected chi connectivity index (χ1v) is 8.67. The molecule has 1 unspecified atom stereocenters. The number of aromatic nitrogens is 1. The summed E-state index contributed by atoms with van der Waals surface area (Å²) >= 11 is 0. The number of nitrogens with zero attached hydrogens (tertiary/aromatic N) is 3. The molecule has 1 aliphatic rings. The Hall–Kier alpha value is -4.08. The Balaban J connectivity index is 1.72. The van der Waals surface area contributed by atoms with Crippen molar-refractivity contribution in [2.45, 2.75) is 6.04 Å². The summed E-state index contributed by atoms with van der Waals surface area (Å²) in [5, 5.41) is 21.1. The van der Waals surface area contributed by atoms with Gasteiger partial charge in [-0.05, 0) is 29.8 Å². The molecule has 1 atom stereocenters. The number of urea groups is 1. The Morgan fingerprint density at radius 2 is 2.03 bits per heavy atom. The van der Waals surface area contributed by atoms with Gasteiger partial charge in [0.15, 0.2) is 0 Å². The van der Waals surface area contributed by atoms with Crippen molar-refractivity contribution in [3.05, 3.63) is 69.9 Å². The highest BCUT2D eigenvalue weighted by molar-refractivity contribution is 5.98. The van der Waals surface area contributed by atoms with Crippen molar-refractivity contribution < 1.29 is 19.0 Å². The summed E-state index contributed by atoms with van der Waals surface area (Å²) in [5.41, 5.74) is 2.09. The second kappa shape index (κ2) is 7.15. The van der Waals surface area contributed by atoms with Crippen molar-refractivity contribution in [1.29, 1.82) is 0 Å². The first kappa shape index (κ1) is 18.3. The predicted octanol–water partition coefficient (Wildman–Crippen LogP) is 3.58. The van der Waals surface area contributed by atoms with Crippen LogP contribution in [0.5, 0.6) is 5.75 Å². The van der Waals surface area contributed by atoms with Crippen molar-refractivity contribution in [2.24, 2.45) is 0 Å². The highest BCUT2D eigenvalue weighted by atomic mass is 16.6. The van der Waals surface area contributed by atoms with Crippen molar-refractivity contribution in [1.82, 2.24) is 10.5 Å². The minimum absolute atomic E-state index is 0.0719. The molecule has 0 bridgehead atoms. The molecule has 3 aromatic rings. The molecule has 1 aromatic heterocycles. The van der Waals surface area contributed by atoms with Gasteiger partial charge >= 0.3 is 6.03 Å². The van der Waals surface area contributed by atoms with Gasteiger partial charge in [0.1, 0.15) is 23.2 Å². The number of rotatable bonds is 5. The second-order valence-electron chi connectivity index (χ2n) is 6.39. The van der Waals surface area contributed by atoms with Gasteiger partial charge in [0, 0.05) is 24.9 Å². The Kier molecular flexibility index (Phi) is 4.51. The molecule has 0 spiro atoms. The van der Waals surface area contributed by atoms with Gasteiger partial charge in [0.05, 0.1) is 12.0 Å². The average molecular weight is 395 g/mol. The van der Waals surface area contributed by atoms with Gasteiger partial charge in [0.25, 0.3) is 11.6 Å². The van der Waals surface area contributed by atoms with Gasteiger partial charge in [-0.15, -0.1) is 0 Å². The fraction of sp³-hybridized carbons (Fsp3) is 0.158. The minimum Gasteiger partial charge on any atom is -0.497 e. The van der Waals surface area contributed by atoms with E-state index in [1.165, 1.54) is 17.0 Å². The average Bonchev–Trinajstić information content (AvgIpc) is 3.15. The highest BCUT2D eigenvalue weighted by Gasteiger charge is 2.36. The van der Waals surface area contributed by atoms with Crippen LogP contribution in [0.3, 0.4) is 0 Å². The van der Waals surface area contributed by atoms with E-state index in [4.69, 9.17) is 9.26 Å². The number of anilines is 3. The topological polar surface area (TPSA) is 123 Å². The third-order valence-electron chi connectivity index (χ3n) is 4.64. The molecule has 2 amide bonds. The van der Waals surface area contributed by atoms with Gasteiger partial charge < -0.3 is 19.9 Å². The first-order valence-electron chi connectivity index (χ1n) is 8.67. The van der Waals surface area contributed by atoms with E-state index in [2.05, 4.69) is 15.8 Å². The third-order valence-corrected chi connectivity index (χ3v) is 4.64. The van der Waals surface area contributed by atoms with Gasteiger partial charge in [-0.3, -0.25) is 15.0 Å². The van der Waals surface area contributed by atoms with Crippen LogP contribution in [-0.4, -0.2) is 30.3 Å². The Bertz CT molecular complexity index is 1080. The van der Waals surface area contributed by atoms with Crippen molar-refractivity contribution >= 4 is 29.0 Å². The van der Waals surface area contributed by atoms with Gasteiger partial charge in [-0.25, -0.2) is 4.79 Å². The zero-order valence-electron chi connectivity index (χ0n) is 15.6. The predicted molar refractivity (Wildman–Crippen MR) is 105 cm³/mol. The van der Waals surface area contributed by atoms with Crippen LogP contribution in [0.1, 0.15) is 17.3 Å². The summed E-state index contributed by atoms with van der Waals surface area (Å²) in [6, 6.07) is 12.2. The highest BCUT2D eigenvalue weighted by Crippen LogP contribution is 2.40. The number of nitrogens with one attached hydrogen (secondary N) is 2. The lowest BCUT2D eigenvalue weighted by Crippen LogP contribution is -2.44. The van der Waals surface area contributed by atoms with Crippen LogP contribution in [-0.2, 0) is 0 Å². The van der Waals surface area contributed by atoms with Crippen LogP contribution in [0.2, 0.25) is 0 Å². The molecule has 2 heterocycles. The monoisotopic (exact) mass is 395 g/mol. The SMILES string of the molecule is COc1ccc(Nc2onc3c2N(C)C(=O)NC3c2cccc([N+](=O)[O-])c2)cc1. The van der Waals surface area contributed by atoms with Crippen molar-refractivity contribution in [3.8, 4) is 5.75 Å².